The molecule has 0 bridgehead atoms. The van der Waals surface area contributed by atoms with Crippen LogP contribution in [-0.2, 0) is 31.9 Å². The van der Waals surface area contributed by atoms with Gasteiger partial charge in [-0.25, -0.2) is 4.98 Å². The normalized spacial score (nSPS) is 10.5. The van der Waals surface area contributed by atoms with Crippen LogP contribution in [0.15, 0.2) is 66.7 Å². The van der Waals surface area contributed by atoms with E-state index in [2.05, 4.69) is 29.0 Å². The number of aromatic nitrogens is 1. The zero-order valence-corrected chi connectivity index (χ0v) is 23.3. The van der Waals surface area contributed by atoms with Crippen molar-refractivity contribution in [3.05, 3.63) is 94.8 Å². The van der Waals surface area contributed by atoms with Crippen molar-refractivity contribution >= 4 is 18.0 Å². The average molecular weight is 542 g/mol. The summed E-state index contributed by atoms with van der Waals surface area (Å²) in [5.74, 6) is 7.07. The Balaban J connectivity index is 1.56. The van der Waals surface area contributed by atoms with E-state index in [-0.39, 0.29) is 24.8 Å². The molecule has 3 aromatic rings. The highest BCUT2D eigenvalue weighted by atomic mass is 16.5. The quantitative estimate of drug-likeness (QED) is 0.159. The monoisotopic (exact) mass is 541 g/mol. The number of benzene rings is 2. The molecule has 0 spiro atoms. The number of pyridine rings is 1. The standard InChI is InChI=1S/C33H35NO6/c1-37-29-18-14-25(15-19-29)8-6-4-5-7-23-40-31-21-17-28(34-30(31)20-22-32(35)38-2)16-13-26-9-11-27(12-10-26)24-33(36)39-3/h6,8-12,14-15,17-19,21H,4-5,7,20,22-24H2,1-3H3. The summed E-state index contributed by atoms with van der Waals surface area (Å²) in [7, 11) is 4.40. The van der Waals surface area contributed by atoms with Crippen LogP contribution in [0.2, 0.25) is 0 Å². The van der Waals surface area contributed by atoms with Crippen molar-refractivity contribution in [2.45, 2.75) is 38.5 Å². The van der Waals surface area contributed by atoms with Crippen LogP contribution in [0.3, 0.4) is 0 Å². The summed E-state index contributed by atoms with van der Waals surface area (Å²) in [5.41, 5.74) is 4.04. The van der Waals surface area contributed by atoms with Crippen molar-refractivity contribution in [1.29, 1.82) is 0 Å². The number of esters is 2. The van der Waals surface area contributed by atoms with Crippen molar-refractivity contribution in [2.75, 3.05) is 27.9 Å². The van der Waals surface area contributed by atoms with Crippen LogP contribution in [0.25, 0.3) is 6.08 Å². The Morgan fingerprint density at radius 2 is 1.60 bits per heavy atom. The molecule has 7 heteroatoms. The maximum absolute atomic E-state index is 11.7. The second-order valence-corrected chi connectivity index (χ2v) is 8.94. The zero-order chi connectivity index (χ0) is 28.6. The Kier molecular flexibility index (Phi) is 12.3. The molecule has 0 unspecified atom stereocenters. The third-order valence-electron chi connectivity index (χ3n) is 6.04. The molecular formula is C33H35NO6. The van der Waals surface area contributed by atoms with Gasteiger partial charge in [-0.15, -0.1) is 0 Å². The molecule has 40 heavy (non-hydrogen) atoms. The molecule has 0 N–H and O–H groups in total. The molecule has 0 aliphatic heterocycles. The first kappa shape index (κ1) is 30.0. The molecule has 7 nitrogen and oxygen atoms in total. The number of aryl methyl sites for hydroxylation is 1. The van der Waals surface area contributed by atoms with Crippen LogP contribution in [0, 0.1) is 11.8 Å². The van der Waals surface area contributed by atoms with Gasteiger partial charge in [0.1, 0.15) is 17.2 Å². The van der Waals surface area contributed by atoms with Gasteiger partial charge >= 0.3 is 11.9 Å². The number of hydrogen-bond donors (Lipinski definition) is 0. The maximum atomic E-state index is 11.7. The third kappa shape index (κ3) is 10.3. The minimum absolute atomic E-state index is 0.203. The SMILES string of the molecule is COC(=O)CCc1nc(C#Cc2ccc(CC(=O)OC)cc2)ccc1OCCCCC=Cc1ccc(OC)cc1. The molecule has 1 aromatic heterocycles. The lowest BCUT2D eigenvalue weighted by molar-refractivity contribution is -0.141. The number of hydrogen-bond acceptors (Lipinski definition) is 7. The first-order valence-electron chi connectivity index (χ1n) is 13.2. The van der Waals surface area contributed by atoms with E-state index in [4.69, 9.17) is 18.9 Å². The topological polar surface area (TPSA) is 84.0 Å². The number of ether oxygens (including phenoxy) is 4. The smallest absolute Gasteiger partial charge is 0.309 e. The number of carbonyl (C=O) groups is 2. The summed E-state index contributed by atoms with van der Waals surface area (Å²) < 4.78 is 20.7. The number of allylic oxidation sites excluding steroid dienone is 1. The number of methoxy groups -OCH3 is 3. The fraction of sp³-hybridized carbons (Fsp3) is 0.303. The predicted molar refractivity (Wildman–Crippen MR) is 154 cm³/mol. The van der Waals surface area contributed by atoms with Gasteiger partial charge in [0.15, 0.2) is 0 Å². The maximum Gasteiger partial charge on any atom is 0.309 e. The first-order chi connectivity index (χ1) is 19.5. The summed E-state index contributed by atoms with van der Waals surface area (Å²) in [5, 5.41) is 0. The molecule has 0 amide bonds. The minimum Gasteiger partial charge on any atom is -0.497 e. The summed E-state index contributed by atoms with van der Waals surface area (Å²) in [6.45, 7) is 0.548. The van der Waals surface area contributed by atoms with Crippen molar-refractivity contribution < 1.29 is 28.5 Å². The van der Waals surface area contributed by atoms with E-state index in [1.165, 1.54) is 14.2 Å². The van der Waals surface area contributed by atoms with Gasteiger partial charge in [0.05, 0.1) is 46.5 Å². The van der Waals surface area contributed by atoms with Gasteiger partial charge in [-0.1, -0.05) is 42.3 Å². The Morgan fingerprint density at radius 3 is 2.30 bits per heavy atom. The summed E-state index contributed by atoms with van der Waals surface area (Å²) in [4.78, 5) is 27.8. The van der Waals surface area contributed by atoms with Gasteiger partial charge < -0.3 is 18.9 Å². The molecule has 0 fully saturated rings. The van der Waals surface area contributed by atoms with Gasteiger partial charge in [0.2, 0.25) is 0 Å². The second kappa shape index (κ2) is 16.4. The van der Waals surface area contributed by atoms with E-state index in [9.17, 15) is 9.59 Å². The largest absolute Gasteiger partial charge is 0.497 e. The lowest BCUT2D eigenvalue weighted by Crippen LogP contribution is -2.07. The summed E-state index contributed by atoms with van der Waals surface area (Å²) in [6, 6.07) is 19.0. The summed E-state index contributed by atoms with van der Waals surface area (Å²) in [6.07, 6.45) is 7.89. The van der Waals surface area contributed by atoms with E-state index in [1.807, 2.05) is 60.7 Å². The molecule has 1 heterocycles. The molecular weight excluding hydrogens is 506 g/mol. The number of nitrogens with zero attached hydrogens (tertiary/aromatic N) is 1. The van der Waals surface area contributed by atoms with Crippen LogP contribution in [-0.4, -0.2) is 44.9 Å². The summed E-state index contributed by atoms with van der Waals surface area (Å²) >= 11 is 0. The van der Waals surface area contributed by atoms with E-state index in [0.717, 1.165) is 41.7 Å². The number of rotatable bonds is 13. The van der Waals surface area contributed by atoms with Gasteiger partial charge in [0.25, 0.3) is 0 Å². The Labute approximate surface area is 236 Å². The number of unbranched alkanes of at least 4 members (excludes halogenated alkanes) is 2. The molecule has 0 aliphatic carbocycles. The zero-order valence-electron chi connectivity index (χ0n) is 23.3. The highest BCUT2D eigenvalue weighted by Crippen LogP contribution is 2.20. The average Bonchev–Trinajstić information content (AvgIpc) is 2.99. The number of carbonyl (C=O) groups excluding carboxylic acids is 2. The molecule has 2 aromatic carbocycles. The van der Waals surface area contributed by atoms with Crippen molar-refractivity contribution in [3.63, 3.8) is 0 Å². The molecule has 0 radical (unpaired) electrons. The fourth-order valence-electron chi connectivity index (χ4n) is 3.75. The molecule has 3 rings (SSSR count). The third-order valence-corrected chi connectivity index (χ3v) is 6.04. The van der Waals surface area contributed by atoms with E-state index < -0.39 is 0 Å². The molecule has 208 valence electrons. The minimum atomic E-state index is -0.306. The highest BCUT2D eigenvalue weighted by Gasteiger charge is 2.10. The van der Waals surface area contributed by atoms with Crippen LogP contribution in [0.5, 0.6) is 11.5 Å². The van der Waals surface area contributed by atoms with Gasteiger partial charge in [0, 0.05) is 12.0 Å². The van der Waals surface area contributed by atoms with E-state index >= 15 is 0 Å². The van der Waals surface area contributed by atoms with Crippen molar-refractivity contribution in [3.8, 4) is 23.3 Å². The van der Waals surface area contributed by atoms with E-state index in [1.54, 1.807) is 7.11 Å². The van der Waals surface area contributed by atoms with Gasteiger partial charge in [-0.2, -0.15) is 0 Å². The Bertz CT molecular complexity index is 1330. The molecule has 0 saturated carbocycles. The highest BCUT2D eigenvalue weighted by molar-refractivity contribution is 5.72. The lowest BCUT2D eigenvalue weighted by Gasteiger charge is -2.11. The Morgan fingerprint density at radius 1 is 0.850 bits per heavy atom. The van der Waals surface area contributed by atoms with Crippen LogP contribution in [0.4, 0.5) is 0 Å². The Hall–Kier alpha value is -4.57. The fourth-order valence-corrected chi connectivity index (χ4v) is 3.75. The van der Waals surface area contributed by atoms with Gasteiger partial charge in [-0.05, 0) is 72.7 Å². The van der Waals surface area contributed by atoms with Crippen LogP contribution < -0.4 is 9.47 Å². The van der Waals surface area contributed by atoms with Crippen LogP contribution >= 0.6 is 0 Å². The predicted octanol–water partition coefficient (Wildman–Crippen LogP) is 5.57. The lowest BCUT2D eigenvalue weighted by atomic mass is 10.1. The second-order valence-electron chi connectivity index (χ2n) is 8.94. The van der Waals surface area contributed by atoms with Crippen molar-refractivity contribution in [2.24, 2.45) is 0 Å². The van der Waals surface area contributed by atoms with Crippen LogP contribution in [0.1, 0.15) is 53.8 Å². The van der Waals surface area contributed by atoms with E-state index in [0.29, 0.717) is 30.2 Å². The molecule has 0 atom stereocenters. The molecule has 0 aliphatic rings. The first-order valence-corrected chi connectivity index (χ1v) is 13.2. The molecule has 0 saturated heterocycles. The van der Waals surface area contributed by atoms with Gasteiger partial charge in [-0.3, -0.25) is 9.59 Å². The van der Waals surface area contributed by atoms with Crippen molar-refractivity contribution in [1.82, 2.24) is 4.98 Å².